The SMILES string of the molecule is CCCc1ccc(C(C)(C(=O)O)N(CCC)C(C)=O)cc1. The highest BCUT2D eigenvalue weighted by Crippen LogP contribution is 2.29. The van der Waals surface area contributed by atoms with Gasteiger partial charge in [-0.15, -0.1) is 0 Å². The molecule has 116 valence electrons. The molecule has 1 amide bonds. The van der Waals surface area contributed by atoms with Crippen LogP contribution in [0.1, 0.15) is 51.7 Å². The maximum absolute atomic E-state index is 11.9. The van der Waals surface area contributed by atoms with Crippen molar-refractivity contribution in [1.29, 1.82) is 0 Å². The Balaban J connectivity index is 3.25. The lowest BCUT2D eigenvalue weighted by Gasteiger charge is -2.37. The second kappa shape index (κ2) is 7.25. The van der Waals surface area contributed by atoms with Crippen molar-refractivity contribution in [2.45, 2.75) is 52.5 Å². The molecule has 1 unspecified atom stereocenters. The summed E-state index contributed by atoms with van der Waals surface area (Å²) in [7, 11) is 0. The van der Waals surface area contributed by atoms with E-state index in [-0.39, 0.29) is 5.91 Å². The number of benzene rings is 1. The third-order valence-corrected chi connectivity index (χ3v) is 3.84. The van der Waals surface area contributed by atoms with Gasteiger partial charge in [0.15, 0.2) is 5.54 Å². The van der Waals surface area contributed by atoms with Gasteiger partial charge in [-0.25, -0.2) is 4.79 Å². The van der Waals surface area contributed by atoms with Crippen LogP contribution in [0.5, 0.6) is 0 Å². The third kappa shape index (κ3) is 3.63. The Morgan fingerprint density at radius 2 is 1.71 bits per heavy atom. The van der Waals surface area contributed by atoms with Crippen LogP contribution < -0.4 is 0 Å². The van der Waals surface area contributed by atoms with Crippen molar-refractivity contribution in [3.8, 4) is 0 Å². The second-order valence-corrected chi connectivity index (χ2v) is 5.49. The summed E-state index contributed by atoms with van der Waals surface area (Å²) in [5.41, 5.74) is 0.490. The lowest BCUT2D eigenvalue weighted by atomic mass is 9.88. The van der Waals surface area contributed by atoms with E-state index >= 15 is 0 Å². The van der Waals surface area contributed by atoms with Gasteiger partial charge in [0.25, 0.3) is 0 Å². The number of carbonyl (C=O) groups excluding carboxylic acids is 1. The minimum atomic E-state index is -1.33. The van der Waals surface area contributed by atoms with E-state index in [9.17, 15) is 14.7 Å². The van der Waals surface area contributed by atoms with Crippen molar-refractivity contribution in [3.63, 3.8) is 0 Å². The van der Waals surface area contributed by atoms with E-state index in [1.165, 1.54) is 17.4 Å². The van der Waals surface area contributed by atoms with Gasteiger partial charge in [0, 0.05) is 13.5 Å². The zero-order valence-electron chi connectivity index (χ0n) is 13.3. The summed E-state index contributed by atoms with van der Waals surface area (Å²) in [5.74, 6) is -1.23. The molecule has 1 rings (SSSR count). The first kappa shape index (κ1) is 17.2. The lowest BCUT2D eigenvalue weighted by molar-refractivity contribution is -0.158. The zero-order valence-corrected chi connectivity index (χ0v) is 13.3. The standard InChI is InChI=1S/C17H25NO3/c1-5-7-14-8-10-15(11-9-14)17(4,16(20)21)18(12-6-2)13(3)19/h8-11H,5-7,12H2,1-4H3,(H,20,21). The van der Waals surface area contributed by atoms with E-state index in [1.807, 2.05) is 31.2 Å². The van der Waals surface area contributed by atoms with Gasteiger partial charge in [-0.05, 0) is 30.9 Å². The normalized spacial score (nSPS) is 13.5. The summed E-state index contributed by atoms with van der Waals surface area (Å²) in [4.78, 5) is 25.2. The molecule has 4 heteroatoms. The Kier molecular flexibility index (Phi) is 5.94. The predicted octanol–water partition coefficient (Wildman–Crippen LogP) is 3.20. The molecule has 0 aromatic heterocycles. The molecule has 0 bridgehead atoms. The zero-order chi connectivity index (χ0) is 16.0. The van der Waals surface area contributed by atoms with E-state index in [0.29, 0.717) is 12.1 Å². The van der Waals surface area contributed by atoms with Gasteiger partial charge in [0.2, 0.25) is 5.91 Å². The fraction of sp³-hybridized carbons (Fsp3) is 0.529. The Morgan fingerprint density at radius 3 is 2.10 bits per heavy atom. The van der Waals surface area contributed by atoms with Crippen molar-refractivity contribution >= 4 is 11.9 Å². The molecule has 1 atom stereocenters. The molecule has 0 aliphatic rings. The maximum atomic E-state index is 11.9. The molecule has 0 aliphatic carbocycles. The van der Waals surface area contributed by atoms with E-state index in [4.69, 9.17) is 0 Å². The van der Waals surface area contributed by atoms with Crippen LogP contribution in [0, 0.1) is 0 Å². The van der Waals surface area contributed by atoms with Gasteiger partial charge >= 0.3 is 5.97 Å². The van der Waals surface area contributed by atoms with Crippen LogP contribution in [0.15, 0.2) is 24.3 Å². The predicted molar refractivity (Wildman–Crippen MR) is 83.1 cm³/mol. The number of hydrogen-bond donors (Lipinski definition) is 1. The second-order valence-electron chi connectivity index (χ2n) is 5.49. The molecule has 1 N–H and O–H groups in total. The minimum absolute atomic E-state index is 0.223. The van der Waals surface area contributed by atoms with Gasteiger partial charge in [0.05, 0.1) is 0 Å². The Morgan fingerprint density at radius 1 is 1.14 bits per heavy atom. The summed E-state index contributed by atoms with van der Waals surface area (Å²) >= 11 is 0. The average Bonchev–Trinajstić information content (AvgIpc) is 2.44. The number of aliphatic carboxylic acids is 1. The lowest BCUT2D eigenvalue weighted by Crippen LogP contribution is -2.52. The fourth-order valence-electron chi connectivity index (χ4n) is 2.60. The number of carbonyl (C=O) groups is 2. The Bertz CT molecular complexity index is 495. The first-order valence-electron chi connectivity index (χ1n) is 7.48. The van der Waals surface area contributed by atoms with E-state index in [0.717, 1.165) is 19.3 Å². The highest BCUT2D eigenvalue weighted by Gasteiger charge is 2.42. The minimum Gasteiger partial charge on any atom is -0.479 e. The number of nitrogens with zero attached hydrogens (tertiary/aromatic N) is 1. The molecule has 1 aromatic rings. The van der Waals surface area contributed by atoms with E-state index < -0.39 is 11.5 Å². The molecular formula is C17H25NO3. The molecule has 0 saturated heterocycles. The highest BCUT2D eigenvalue weighted by atomic mass is 16.4. The molecule has 0 saturated carbocycles. The third-order valence-electron chi connectivity index (χ3n) is 3.84. The van der Waals surface area contributed by atoms with Crippen molar-refractivity contribution in [2.24, 2.45) is 0 Å². The molecule has 4 nitrogen and oxygen atoms in total. The first-order valence-corrected chi connectivity index (χ1v) is 7.48. The van der Waals surface area contributed by atoms with Gasteiger partial charge in [-0.3, -0.25) is 4.79 Å². The van der Waals surface area contributed by atoms with Crippen LogP contribution in [-0.2, 0) is 21.5 Å². The van der Waals surface area contributed by atoms with Crippen LogP contribution in [0.2, 0.25) is 0 Å². The van der Waals surface area contributed by atoms with Crippen LogP contribution in [0.3, 0.4) is 0 Å². The topological polar surface area (TPSA) is 57.6 Å². The van der Waals surface area contributed by atoms with Crippen molar-refractivity contribution in [2.75, 3.05) is 6.54 Å². The summed E-state index contributed by atoms with van der Waals surface area (Å²) in [6.45, 7) is 7.48. The summed E-state index contributed by atoms with van der Waals surface area (Å²) in [6.07, 6.45) is 2.73. The quantitative estimate of drug-likeness (QED) is 0.839. The van der Waals surface area contributed by atoms with Crippen LogP contribution in [0.4, 0.5) is 0 Å². The number of carboxylic acid groups (broad SMARTS) is 1. The van der Waals surface area contributed by atoms with Crippen LogP contribution in [-0.4, -0.2) is 28.4 Å². The molecule has 0 fully saturated rings. The van der Waals surface area contributed by atoms with Crippen molar-refractivity contribution in [3.05, 3.63) is 35.4 Å². The van der Waals surface area contributed by atoms with Crippen LogP contribution in [0.25, 0.3) is 0 Å². The molecule has 21 heavy (non-hydrogen) atoms. The Labute approximate surface area is 126 Å². The number of hydrogen-bond acceptors (Lipinski definition) is 2. The van der Waals surface area contributed by atoms with Gasteiger partial charge in [0.1, 0.15) is 0 Å². The summed E-state index contributed by atoms with van der Waals surface area (Å²) in [5, 5.41) is 9.71. The number of rotatable bonds is 7. The van der Waals surface area contributed by atoms with Crippen molar-refractivity contribution in [1.82, 2.24) is 4.90 Å². The van der Waals surface area contributed by atoms with E-state index in [1.54, 1.807) is 6.92 Å². The first-order chi connectivity index (χ1) is 9.87. The van der Waals surface area contributed by atoms with Crippen molar-refractivity contribution < 1.29 is 14.7 Å². The fourth-order valence-corrected chi connectivity index (χ4v) is 2.60. The number of aryl methyl sites for hydroxylation is 1. The van der Waals surface area contributed by atoms with E-state index in [2.05, 4.69) is 6.92 Å². The largest absolute Gasteiger partial charge is 0.479 e. The van der Waals surface area contributed by atoms with Crippen LogP contribution >= 0.6 is 0 Å². The monoisotopic (exact) mass is 291 g/mol. The van der Waals surface area contributed by atoms with Gasteiger partial charge in [-0.1, -0.05) is 44.5 Å². The highest BCUT2D eigenvalue weighted by molar-refractivity contribution is 5.87. The molecule has 1 aromatic carbocycles. The average molecular weight is 291 g/mol. The number of carboxylic acids is 1. The number of amides is 1. The smallest absolute Gasteiger partial charge is 0.334 e. The van der Waals surface area contributed by atoms with Gasteiger partial charge in [-0.2, -0.15) is 0 Å². The maximum Gasteiger partial charge on any atom is 0.334 e. The molecule has 0 spiro atoms. The van der Waals surface area contributed by atoms with Gasteiger partial charge < -0.3 is 10.0 Å². The molecule has 0 heterocycles. The summed E-state index contributed by atoms with van der Waals surface area (Å²) < 4.78 is 0. The molecule has 0 radical (unpaired) electrons. The summed E-state index contributed by atoms with van der Waals surface area (Å²) in [6, 6.07) is 7.55. The molecule has 0 aliphatic heterocycles. The molecular weight excluding hydrogens is 266 g/mol. The Hall–Kier alpha value is -1.84.